The molecule has 1 amide bonds. The number of nitrogens with zero attached hydrogens (tertiary/aromatic N) is 8. The van der Waals surface area contributed by atoms with E-state index < -0.39 is 54.3 Å². The van der Waals surface area contributed by atoms with Crippen molar-refractivity contribution in [2.75, 3.05) is 28.3 Å². The van der Waals surface area contributed by atoms with Gasteiger partial charge in [-0.1, -0.05) is 90.5 Å². The van der Waals surface area contributed by atoms with Crippen LogP contribution in [0.1, 0.15) is 50.1 Å². The maximum atomic E-state index is 12.6. The third-order valence-corrected chi connectivity index (χ3v) is 14.7. The van der Waals surface area contributed by atoms with Gasteiger partial charge < -0.3 is 103 Å². The Labute approximate surface area is 967 Å². The van der Waals surface area contributed by atoms with Gasteiger partial charge in [0.25, 0.3) is 17.1 Å². The van der Waals surface area contributed by atoms with Crippen LogP contribution in [0.25, 0.3) is 0 Å². The largest absolute Gasteiger partial charge is 1.00 e. The fourth-order valence-electron chi connectivity index (χ4n) is 6.86. The first-order chi connectivity index (χ1) is 49.3. The Morgan fingerprint density at radius 1 is 0.464 bits per heavy atom. The van der Waals surface area contributed by atoms with Crippen molar-refractivity contribution in [2.45, 2.75) is 55.7 Å². The molecular weight excluding hydrogens is 2040 g/mol. The first-order valence-corrected chi connectivity index (χ1v) is 33.1. The van der Waals surface area contributed by atoms with Gasteiger partial charge in [-0.25, -0.2) is 14.0 Å². The predicted octanol–water partition coefficient (Wildman–Crippen LogP) is -5.65. The average molecular weight is 2100 g/mol. The van der Waals surface area contributed by atoms with Gasteiger partial charge in [0, 0.05) is 105 Å². The normalized spacial score (nSPS) is 9.33. The van der Waals surface area contributed by atoms with Gasteiger partial charge in [-0.2, -0.15) is 45.9 Å². The summed E-state index contributed by atoms with van der Waals surface area (Å²) >= 11 is 29.3. The Kier molecular flexibility index (Phi) is 76.6. The second-order valence-corrected chi connectivity index (χ2v) is 23.5. The first-order valence-electron chi connectivity index (χ1n) is 27.9. The van der Waals surface area contributed by atoms with Crippen LogP contribution < -0.4 is 383 Å². The third kappa shape index (κ3) is 51.6. The molecule has 0 heterocycles. The summed E-state index contributed by atoms with van der Waals surface area (Å²) in [6.07, 6.45) is -0.481. The number of carbonyl (C=O) groups excluding carboxylic acids is 2. The number of nitro benzene ring substituents is 3. The van der Waals surface area contributed by atoms with E-state index in [0.717, 1.165) is 63.5 Å². The van der Waals surface area contributed by atoms with Crippen LogP contribution in [0.3, 0.4) is 0 Å². The van der Waals surface area contributed by atoms with Crippen molar-refractivity contribution in [3.8, 4) is 30.3 Å². The average Bonchev–Trinajstić information content (AvgIpc) is 0.850. The van der Waals surface area contributed by atoms with E-state index in [4.69, 9.17) is 145 Å². The number of nitriles is 5. The van der Waals surface area contributed by atoms with Crippen molar-refractivity contribution in [1.29, 1.82) is 26.3 Å². The monoisotopic (exact) mass is 2090 g/mol. The van der Waals surface area contributed by atoms with Gasteiger partial charge in [-0.05, 0) is 106 Å². The molecule has 9 aromatic carbocycles. The van der Waals surface area contributed by atoms with Gasteiger partial charge in [0.15, 0.2) is 0 Å². The molecule has 9 rings (SSSR count). The van der Waals surface area contributed by atoms with E-state index in [2.05, 4.69) is 10.1 Å². The van der Waals surface area contributed by atoms with Crippen LogP contribution in [-0.4, -0.2) is 49.2 Å². The summed E-state index contributed by atoms with van der Waals surface area (Å²) in [6.45, 7) is 1.24. The number of non-ortho nitro benzene ring substituents is 3. The van der Waals surface area contributed by atoms with Gasteiger partial charge in [0.1, 0.15) is 37.2 Å². The minimum Gasteiger partial charge on any atom is -0.779 e. The van der Waals surface area contributed by atoms with Gasteiger partial charge in [0.2, 0.25) is 0 Å². The molecule has 0 saturated carbocycles. The van der Waals surface area contributed by atoms with E-state index in [1.165, 1.54) is 42.5 Å². The second-order valence-electron chi connectivity index (χ2n) is 18.8. The summed E-state index contributed by atoms with van der Waals surface area (Å²) in [4.78, 5) is 52.6. The molecule has 28 nitrogen and oxygen atoms in total. The topological polar surface area (TPSA) is 523 Å². The molecule has 44 heteroatoms. The van der Waals surface area contributed by atoms with Crippen LogP contribution in [-0.2, 0) is 108 Å². The Balaban J connectivity index is -0.000000280. The zero-order chi connectivity index (χ0) is 78.4. The van der Waals surface area contributed by atoms with Crippen LogP contribution in [0.4, 0.5) is 53.8 Å². The van der Waals surface area contributed by atoms with Gasteiger partial charge in [0.05, 0.1) is 48.9 Å². The molecule has 110 heavy (non-hydrogen) atoms. The second kappa shape index (κ2) is 70.1. The van der Waals surface area contributed by atoms with Crippen LogP contribution in [0.2, 0.25) is 0 Å². The van der Waals surface area contributed by atoms with Crippen LogP contribution in [0.5, 0.6) is 0 Å². The molecular formula is C66H52Cl3FN14O14Rb6S6. The quantitative estimate of drug-likeness (QED) is 0.0126. The number of hydrogen-bond acceptors (Lipinski definition) is 28. The smallest absolute Gasteiger partial charge is 0.779 e. The maximum absolute atomic E-state index is 12.6. The van der Waals surface area contributed by atoms with Gasteiger partial charge >= 0.3 is 361 Å². The summed E-state index contributed by atoms with van der Waals surface area (Å²) in [6, 6.07) is 56.6. The van der Waals surface area contributed by atoms with Crippen LogP contribution >= 0.6 is 34.8 Å². The summed E-state index contributed by atoms with van der Waals surface area (Å²) in [5, 5.41) is 75.8. The van der Waals surface area contributed by atoms with Crippen molar-refractivity contribution < 1.29 is 405 Å². The Hall–Kier alpha value is -0.739. The van der Waals surface area contributed by atoms with E-state index in [0.29, 0.717) is 56.1 Å². The predicted molar refractivity (Wildman–Crippen MR) is 394 cm³/mol. The molecule has 0 spiro atoms. The number of anilines is 4. The van der Waals surface area contributed by atoms with Crippen molar-refractivity contribution >= 4 is 159 Å². The number of nitro groups is 3. The van der Waals surface area contributed by atoms with E-state index in [1.807, 2.05) is 72.8 Å². The minimum atomic E-state index is -2.56. The number of rotatable bonds is 12. The van der Waals surface area contributed by atoms with E-state index >= 15 is 0 Å². The fourth-order valence-corrected chi connectivity index (χ4v) is 8.60. The molecule has 0 aliphatic rings. The zero-order valence-corrected chi connectivity index (χ0v) is 95.7. The Morgan fingerprint density at radius 2 is 0.773 bits per heavy atom. The summed E-state index contributed by atoms with van der Waals surface area (Å²) in [5.74, 6) is -0.747. The molecule has 2 atom stereocenters. The number of nitrogens with one attached hydrogen (secondary N) is 1. The number of nitrogens with two attached hydrogens (primary N) is 5. The third-order valence-electron chi connectivity index (χ3n) is 11.7. The molecule has 0 saturated heterocycles. The Morgan fingerprint density at radius 3 is 1.15 bits per heavy atom. The minimum absolute atomic E-state index is 0. The molecule has 0 fully saturated rings. The molecule has 2 unspecified atom stereocenters. The van der Waals surface area contributed by atoms with E-state index in [1.54, 1.807) is 66.7 Å². The van der Waals surface area contributed by atoms with Crippen LogP contribution in [0, 0.1) is 92.8 Å². The summed E-state index contributed by atoms with van der Waals surface area (Å²) in [5.41, 5.74) is 31.9. The number of ether oxygens (including phenoxy) is 2. The number of alkyl halides is 2. The fraction of sp³-hybridized carbons (Fsp3) is 0.0758. The Bertz CT molecular complexity index is 4630. The zero-order valence-electron chi connectivity index (χ0n) is 59.1. The summed E-state index contributed by atoms with van der Waals surface area (Å²) in [7, 11) is 0. The van der Waals surface area contributed by atoms with E-state index in [-0.39, 0.29) is 417 Å². The number of hydrogen-bond donors (Lipinski definition) is 6. The molecule has 9 aromatic rings. The maximum Gasteiger partial charge on any atom is 1.00 e. The van der Waals surface area contributed by atoms with Gasteiger partial charge in [-0.15, -0.1) is 23.2 Å². The number of alkyl carbamates (subject to hydrolysis) is 1. The number of nitrogen functional groups attached to an aromatic ring is 4. The number of amides is 1. The number of carbonyl (C=O) groups is 2. The molecule has 540 valence electrons. The van der Waals surface area contributed by atoms with Crippen molar-refractivity contribution in [3.05, 3.63) is 274 Å². The number of halogens is 4. The molecule has 0 aliphatic heterocycles. The summed E-state index contributed by atoms with van der Waals surface area (Å²) < 4.78 is 64.3. The van der Waals surface area contributed by atoms with Crippen molar-refractivity contribution in [2.24, 2.45) is 5.73 Å². The van der Waals surface area contributed by atoms with Crippen molar-refractivity contribution in [3.63, 3.8) is 0 Å². The molecule has 0 radical (unpaired) electrons. The SMILES string of the molecule is ClCCl.N#Cc1cc(N)ccc1S(=O)[O-].N#Cc1cc(N)ccc1[S-].N#Cc1cc([N+](=O)[O-])ccc1F.N#Cc1cc([N+](=O)[O-])ccc1S(=O)[O-].N#Cc1cc([N+](=O)[O-])ccc1[S-].NCc1cc(N)ccc1[S-].Nc1ccc([S-])c(CNC(=O)OCc2ccccc2)c1.O=C(Cl)OCc1ccccc1.[Rb+].[Rb+].[Rb+].[Rb+].[Rb+].[Rb+]. The first kappa shape index (κ1) is 120. The molecule has 0 bridgehead atoms. The molecule has 11 N–H and O–H groups in total. The standard InChI is InChI=1S/C15H16N2O2S.C8H7ClO2.C7H3FN2O2.C7H4N2O4S.C7H6N2O2S.C7H4N2O2S.C7H10N2S.C7H6N2S.CH2Cl2.6Rb/c16-13-6-7-14(20)12(8-13)9-17-15(18)19-10-11-4-2-1-3-5-11;9-8(10)11-6-7-4-2-1-3-5-7;8-7-2-1-6(10(11)12)3-5(7)4-9;8-4-5-3-6(9(10)11)1-2-7(5)14(12)13;8-4-5-3-6(9)1-2-7(5)12(10)11;8-4-5-3-6(9(10)11)1-2-7(5)12;2*8-4-5-3-6(9)1-2-7(5)10;2-1-3;;;;;;/h1-8,20H,9-10,16H2,(H,17,18);1-5H,6H2;1-3H;1-3H,(H,12,13);1-3H,9H2,(H,10,11);1-3,12H;1-3,10H,4,8-9H2;1-3,10H,9H2;1H2;;;;;;/q;;;;;;;;;6*+1/p-6. The van der Waals surface area contributed by atoms with Gasteiger partial charge in [-0.3, -0.25) is 38.8 Å². The van der Waals surface area contributed by atoms with Crippen molar-refractivity contribution in [1.82, 2.24) is 5.32 Å². The molecule has 0 aliphatic carbocycles. The number of benzene rings is 9. The van der Waals surface area contributed by atoms with E-state index in [9.17, 15) is 61.8 Å². The molecule has 0 aromatic heterocycles. The van der Waals surface area contributed by atoms with Crippen LogP contribution in [0.15, 0.2) is 217 Å².